The van der Waals surface area contributed by atoms with Crippen molar-refractivity contribution in [1.29, 1.82) is 0 Å². The molecule has 0 saturated carbocycles. The summed E-state index contributed by atoms with van der Waals surface area (Å²) in [6.45, 7) is 2.71. The summed E-state index contributed by atoms with van der Waals surface area (Å²) in [6.07, 6.45) is 7.37. The van der Waals surface area contributed by atoms with Gasteiger partial charge >= 0.3 is 0 Å². The predicted molar refractivity (Wildman–Crippen MR) is 94.6 cm³/mol. The number of thioether (sulfide) groups is 2. The quantitative estimate of drug-likeness (QED) is 0.437. The van der Waals surface area contributed by atoms with Crippen molar-refractivity contribution >= 4 is 29.5 Å². The van der Waals surface area contributed by atoms with Crippen LogP contribution in [0.5, 0.6) is 0 Å². The monoisotopic (exact) mass is 327 g/mol. The fraction of sp³-hybridized carbons (Fsp3) is 0.667. The summed E-state index contributed by atoms with van der Waals surface area (Å²) >= 11 is 3.90. The molecular formula is C15H25N3OS2. The van der Waals surface area contributed by atoms with E-state index in [-0.39, 0.29) is 0 Å². The average Bonchev–Trinajstić information content (AvgIpc) is 3.18. The Balaban J connectivity index is 1.74. The van der Waals surface area contributed by atoms with Crippen molar-refractivity contribution in [3.63, 3.8) is 0 Å². The third-order valence-electron chi connectivity index (χ3n) is 3.32. The second kappa shape index (κ2) is 10.1. The summed E-state index contributed by atoms with van der Waals surface area (Å²) in [6, 6.07) is 3.94. The Kier molecular flexibility index (Phi) is 7.96. The second-order valence-electron chi connectivity index (χ2n) is 5.00. The predicted octanol–water partition coefficient (Wildman–Crippen LogP) is 2.62. The molecule has 1 atom stereocenters. The van der Waals surface area contributed by atoms with Crippen molar-refractivity contribution < 1.29 is 4.42 Å². The molecule has 0 radical (unpaired) electrons. The Bertz CT molecular complexity index is 403. The topological polar surface area (TPSA) is 49.6 Å². The van der Waals surface area contributed by atoms with Gasteiger partial charge in [0.15, 0.2) is 5.96 Å². The first-order chi connectivity index (χ1) is 10.4. The van der Waals surface area contributed by atoms with Crippen LogP contribution in [0.15, 0.2) is 27.8 Å². The molecule has 1 aromatic rings. The van der Waals surface area contributed by atoms with Gasteiger partial charge in [0.2, 0.25) is 0 Å². The van der Waals surface area contributed by atoms with Crippen LogP contribution in [0.25, 0.3) is 0 Å². The molecule has 2 rings (SSSR count). The van der Waals surface area contributed by atoms with E-state index in [9.17, 15) is 0 Å². The van der Waals surface area contributed by atoms with E-state index < -0.39 is 0 Å². The van der Waals surface area contributed by atoms with Crippen LogP contribution < -0.4 is 10.6 Å². The summed E-state index contributed by atoms with van der Waals surface area (Å²) in [4.78, 5) is 4.73. The van der Waals surface area contributed by atoms with Gasteiger partial charge in [-0.25, -0.2) is 0 Å². The number of nitrogens with one attached hydrogen (secondary N) is 2. The van der Waals surface area contributed by atoms with E-state index in [0.717, 1.165) is 43.5 Å². The van der Waals surface area contributed by atoms with E-state index in [0.29, 0.717) is 5.25 Å². The minimum absolute atomic E-state index is 0.703. The molecule has 0 amide bonds. The molecule has 2 N–H and O–H groups in total. The molecule has 21 heavy (non-hydrogen) atoms. The van der Waals surface area contributed by atoms with Crippen LogP contribution in [0.2, 0.25) is 0 Å². The summed E-state index contributed by atoms with van der Waals surface area (Å²) in [5.41, 5.74) is 0. The van der Waals surface area contributed by atoms with Crippen LogP contribution >= 0.6 is 23.5 Å². The van der Waals surface area contributed by atoms with Crippen molar-refractivity contribution in [1.82, 2.24) is 10.6 Å². The van der Waals surface area contributed by atoms with Gasteiger partial charge < -0.3 is 15.1 Å². The van der Waals surface area contributed by atoms with E-state index in [1.807, 2.05) is 23.9 Å². The molecular weight excluding hydrogens is 302 g/mol. The first-order valence-electron chi connectivity index (χ1n) is 7.53. The van der Waals surface area contributed by atoms with E-state index in [2.05, 4.69) is 28.7 Å². The van der Waals surface area contributed by atoms with Gasteiger partial charge in [0, 0.05) is 30.5 Å². The maximum Gasteiger partial charge on any atom is 0.191 e. The first-order valence-corrected chi connectivity index (χ1v) is 9.98. The third-order valence-corrected chi connectivity index (χ3v) is 5.31. The number of nitrogens with zero attached hydrogens (tertiary/aromatic N) is 1. The molecule has 4 nitrogen and oxygen atoms in total. The lowest BCUT2D eigenvalue weighted by Crippen LogP contribution is -2.40. The molecule has 0 aromatic carbocycles. The zero-order chi connectivity index (χ0) is 14.8. The van der Waals surface area contributed by atoms with E-state index in [1.165, 1.54) is 18.6 Å². The smallest absolute Gasteiger partial charge is 0.191 e. The molecule has 1 aliphatic heterocycles. The van der Waals surface area contributed by atoms with Crippen LogP contribution in [-0.4, -0.2) is 48.6 Å². The van der Waals surface area contributed by atoms with Gasteiger partial charge in [0.25, 0.3) is 0 Å². The van der Waals surface area contributed by atoms with Gasteiger partial charge in [-0.1, -0.05) is 0 Å². The highest BCUT2D eigenvalue weighted by Gasteiger charge is 2.14. The third kappa shape index (κ3) is 6.70. The van der Waals surface area contributed by atoms with Gasteiger partial charge in [0.1, 0.15) is 5.76 Å². The SMILES string of the molecule is CSCCNC(=NCC1CCCS1)NCCc1ccco1. The van der Waals surface area contributed by atoms with Crippen LogP contribution in [0, 0.1) is 0 Å². The number of guanidine groups is 1. The standard InChI is InChI=1S/C15H25N3OS2/c1-20-11-8-17-15(18-12-14-5-3-10-21-14)16-7-6-13-4-2-9-19-13/h2,4,9,14H,3,5-8,10-12H2,1H3,(H2,16,17,18). The molecule has 6 heteroatoms. The Hall–Kier alpha value is -0.750. The summed E-state index contributed by atoms with van der Waals surface area (Å²) < 4.78 is 5.35. The van der Waals surface area contributed by atoms with Crippen LogP contribution in [-0.2, 0) is 6.42 Å². The molecule has 1 aromatic heterocycles. The fourth-order valence-corrected chi connectivity index (χ4v) is 3.67. The number of hydrogen-bond acceptors (Lipinski definition) is 4. The lowest BCUT2D eigenvalue weighted by atomic mass is 10.2. The van der Waals surface area contributed by atoms with Crippen LogP contribution in [0.3, 0.4) is 0 Å². The van der Waals surface area contributed by atoms with Crippen molar-refractivity contribution in [3.05, 3.63) is 24.2 Å². The Morgan fingerprint density at radius 1 is 1.48 bits per heavy atom. The number of furan rings is 1. The highest BCUT2D eigenvalue weighted by atomic mass is 32.2. The maximum absolute atomic E-state index is 5.35. The van der Waals surface area contributed by atoms with Crippen molar-refractivity contribution in [2.75, 3.05) is 37.4 Å². The Labute approximate surface area is 135 Å². The van der Waals surface area contributed by atoms with Crippen LogP contribution in [0.1, 0.15) is 18.6 Å². The van der Waals surface area contributed by atoms with Crippen molar-refractivity contribution in [3.8, 4) is 0 Å². The van der Waals surface area contributed by atoms with Gasteiger partial charge in [-0.3, -0.25) is 4.99 Å². The van der Waals surface area contributed by atoms with Gasteiger partial charge in [0.05, 0.1) is 12.8 Å². The molecule has 1 saturated heterocycles. The average molecular weight is 328 g/mol. The lowest BCUT2D eigenvalue weighted by Gasteiger charge is -2.13. The Morgan fingerprint density at radius 3 is 3.10 bits per heavy atom. The molecule has 2 heterocycles. The fourth-order valence-electron chi connectivity index (χ4n) is 2.19. The van der Waals surface area contributed by atoms with E-state index in [4.69, 9.17) is 9.41 Å². The number of hydrogen-bond donors (Lipinski definition) is 2. The van der Waals surface area contributed by atoms with Crippen molar-refractivity contribution in [2.24, 2.45) is 4.99 Å². The largest absolute Gasteiger partial charge is 0.469 e. The zero-order valence-corrected chi connectivity index (χ0v) is 14.3. The zero-order valence-electron chi connectivity index (χ0n) is 12.6. The molecule has 0 aliphatic carbocycles. The van der Waals surface area contributed by atoms with Gasteiger partial charge in [-0.2, -0.15) is 23.5 Å². The lowest BCUT2D eigenvalue weighted by molar-refractivity contribution is 0.507. The van der Waals surface area contributed by atoms with E-state index in [1.54, 1.807) is 6.26 Å². The highest BCUT2D eigenvalue weighted by Crippen LogP contribution is 2.25. The van der Waals surface area contributed by atoms with E-state index >= 15 is 0 Å². The number of aliphatic imine (C=N–C) groups is 1. The Morgan fingerprint density at radius 2 is 2.38 bits per heavy atom. The maximum atomic E-state index is 5.35. The molecule has 1 fully saturated rings. The van der Waals surface area contributed by atoms with Gasteiger partial charge in [-0.05, 0) is 37.0 Å². The normalized spacial score (nSPS) is 18.9. The van der Waals surface area contributed by atoms with Gasteiger partial charge in [-0.15, -0.1) is 0 Å². The molecule has 0 spiro atoms. The highest BCUT2D eigenvalue weighted by molar-refractivity contribution is 8.00. The summed E-state index contributed by atoms with van der Waals surface area (Å²) in [7, 11) is 0. The molecule has 1 aliphatic rings. The van der Waals surface area contributed by atoms with Crippen LogP contribution in [0.4, 0.5) is 0 Å². The minimum Gasteiger partial charge on any atom is -0.469 e. The molecule has 1 unspecified atom stereocenters. The first kappa shape index (κ1) is 16.6. The summed E-state index contributed by atoms with van der Waals surface area (Å²) in [5.74, 6) is 4.33. The summed E-state index contributed by atoms with van der Waals surface area (Å²) in [5, 5.41) is 7.51. The molecule has 0 bridgehead atoms. The second-order valence-corrected chi connectivity index (χ2v) is 7.39. The minimum atomic E-state index is 0.703. The number of rotatable bonds is 8. The molecule has 118 valence electrons. The van der Waals surface area contributed by atoms with Crippen molar-refractivity contribution in [2.45, 2.75) is 24.5 Å².